The first-order valence-corrected chi connectivity index (χ1v) is 7.80. The maximum Gasteiger partial charge on any atom is 0.225 e. The molecule has 3 aromatic rings. The van der Waals surface area contributed by atoms with Crippen LogP contribution < -0.4 is 16.8 Å². The fraction of sp³-hybridized carbons (Fsp3) is 0.167. The van der Waals surface area contributed by atoms with Gasteiger partial charge in [0.2, 0.25) is 5.91 Å². The average Bonchev–Trinajstić information content (AvgIpc) is 2.60. The highest BCUT2D eigenvalue weighted by Crippen LogP contribution is 2.35. The lowest BCUT2D eigenvalue weighted by molar-refractivity contribution is -0.115. The van der Waals surface area contributed by atoms with E-state index in [4.69, 9.17) is 11.5 Å². The van der Waals surface area contributed by atoms with Gasteiger partial charge in [-0.1, -0.05) is 6.92 Å². The number of aromatic nitrogens is 2. The van der Waals surface area contributed by atoms with Crippen LogP contribution in [0.4, 0.5) is 21.6 Å². The third kappa shape index (κ3) is 2.96. The number of halogens is 1. The van der Waals surface area contributed by atoms with E-state index >= 15 is 0 Å². The zero-order valence-electron chi connectivity index (χ0n) is 13.9. The van der Waals surface area contributed by atoms with Crippen LogP contribution in [0.5, 0.6) is 0 Å². The normalized spacial score (nSPS) is 10.8. The van der Waals surface area contributed by atoms with E-state index in [-0.39, 0.29) is 11.6 Å². The van der Waals surface area contributed by atoms with Gasteiger partial charge in [0.15, 0.2) is 5.82 Å². The van der Waals surface area contributed by atoms with Crippen molar-refractivity contribution in [3.8, 4) is 11.1 Å². The van der Waals surface area contributed by atoms with E-state index in [1.165, 1.54) is 12.4 Å². The average molecular weight is 339 g/mol. The molecule has 0 unspecified atom stereocenters. The molecule has 0 saturated heterocycles. The molecule has 0 fully saturated rings. The Balaban J connectivity index is 2.21. The maximum absolute atomic E-state index is 14.8. The van der Waals surface area contributed by atoms with Crippen molar-refractivity contribution in [2.75, 3.05) is 16.8 Å². The van der Waals surface area contributed by atoms with E-state index in [0.29, 0.717) is 39.8 Å². The number of amides is 1. The van der Waals surface area contributed by atoms with Gasteiger partial charge in [0.05, 0.1) is 17.6 Å². The number of hydrogen-bond acceptors (Lipinski definition) is 5. The van der Waals surface area contributed by atoms with Crippen LogP contribution in [-0.4, -0.2) is 15.9 Å². The summed E-state index contributed by atoms with van der Waals surface area (Å²) in [5.41, 5.74) is 13.9. The van der Waals surface area contributed by atoms with Crippen molar-refractivity contribution >= 4 is 33.9 Å². The molecular formula is C18H18FN5O. The molecule has 0 bridgehead atoms. The Bertz CT molecular complexity index is 987. The van der Waals surface area contributed by atoms with Gasteiger partial charge in [-0.25, -0.2) is 9.37 Å². The van der Waals surface area contributed by atoms with Gasteiger partial charge in [0.1, 0.15) is 5.82 Å². The molecule has 6 nitrogen and oxygen atoms in total. The van der Waals surface area contributed by atoms with Crippen molar-refractivity contribution in [2.45, 2.75) is 20.3 Å². The van der Waals surface area contributed by atoms with Crippen molar-refractivity contribution in [3.05, 3.63) is 42.1 Å². The molecule has 0 aliphatic heterocycles. The minimum atomic E-state index is -0.546. The number of hydrogen-bond donors (Lipinski definition) is 3. The van der Waals surface area contributed by atoms with Crippen LogP contribution in [0.3, 0.4) is 0 Å². The van der Waals surface area contributed by atoms with Gasteiger partial charge < -0.3 is 16.8 Å². The zero-order chi connectivity index (χ0) is 18.1. The molecule has 0 aliphatic carbocycles. The number of nitrogen functional groups attached to an aromatic ring is 2. The molecule has 128 valence electrons. The van der Waals surface area contributed by atoms with Gasteiger partial charge in [-0.2, -0.15) is 0 Å². The molecule has 0 radical (unpaired) electrons. The lowest BCUT2D eigenvalue weighted by Gasteiger charge is -2.13. The molecule has 0 saturated carbocycles. The van der Waals surface area contributed by atoms with Gasteiger partial charge in [-0.05, 0) is 30.0 Å². The molecule has 1 amide bonds. The summed E-state index contributed by atoms with van der Waals surface area (Å²) in [6, 6.07) is 3.32. The second kappa shape index (κ2) is 6.35. The van der Waals surface area contributed by atoms with E-state index in [1.807, 2.05) is 0 Å². The molecule has 2 heterocycles. The van der Waals surface area contributed by atoms with E-state index in [1.54, 1.807) is 32.2 Å². The fourth-order valence-corrected chi connectivity index (χ4v) is 2.61. The number of pyridine rings is 2. The Morgan fingerprint density at radius 3 is 2.68 bits per heavy atom. The summed E-state index contributed by atoms with van der Waals surface area (Å²) in [7, 11) is 0. The number of carbonyl (C=O) groups excluding carboxylic acids is 1. The Morgan fingerprint density at radius 2 is 1.96 bits per heavy atom. The van der Waals surface area contributed by atoms with E-state index in [0.717, 1.165) is 5.56 Å². The minimum Gasteiger partial charge on any atom is -0.397 e. The van der Waals surface area contributed by atoms with Crippen molar-refractivity contribution < 1.29 is 9.18 Å². The number of nitrogens with zero attached hydrogens (tertiary/aromatic N) is 2. The molecule has 0 spiro atoms. The summed E-state index contributed by atoms with van der Waals surface area (Å²) in [4.78, 5) is 19.7. The van der Waals surface area contributed by atoms with Crippen molar-refractivity contribution in [1.29, 1.82) is 0 Å². The number of fused-ring (bicyclic) bond motifs is 1. The zero-order valence-corrected chi connectivity index (χ0v) is 13.9. The smallest absolute Gasteiger partial charge is 0.225 e. The first-order chi connectivity index (χ1) is 11.9. The van der Waals surface area contributed by atoms with Gasteiger partial charge >= 0.3 is 0 Å². The van der Waals surface area contributed by atoms with Crippen molar-refractivity contribution in [1.82, 2.24) is 9.97 Å². The highest BCUT2D eigenvalue weighted by atomic mass is 19.1. The summed E-state index contributed by atoms with van der Waals surface area (Å²) < 4.78 is 14.8. The van der Waals surface area contributed by atoms with Crippen molar-refractivity contribution in [2.24, 2.45) is 0 Å². The van der Waals surface area contributed by atoms with Crippen LogP contribution in [0.15, 0.2) is 30.7 Å². The standard InChI is InChI=1S/C18H18FN5O/c1-3-16(25)24-15-5-10-4-11(12-6-22-8-14(20)9(12)2)17(19)18(21)13(10)7-23-15/h4-8H,3,20-21H2,1-2H3,(H,23,24,25). The molecule has 1 aromatic carbocycles. The summed E-state index contributed by atoms with van der Waals surface area (Å²) in [5.74, 6) is -0.313. The highest BCUT2D eigenvalue weighted by molar-refractivity contribution is 5.99. The molecular weight excluding hydrogens is 321 g/mol. The molecule has 3 rings (SSSR count). The second-order valence-corrected chi connectivity index (χ2v) is 5.75. The van der Waals surface area contributed by atoms with E-state index in [9.17, 15) is 9.18 Å². The maximum atomic E-state index is 14.8. The van der Waals surface area contributed by atoms with E-state index in [2.05, 4.69) is 15.3 Å². The predicted molar refractivity (Wildman–Crippen MR) is 97.4 cm³/mol. The minimum absolute atomic E-state index is 0.00445. The first-order valence-electron chi connectivity index (χ1n) is 7.80. The topological polar surface area (TPSA) is 107 Å². The molecule has 0 atom stereocenters. The van der Waals surface area contributed by atoms with Crippen molar-refractivity contribution in [3.63, 3.8) is 0 Å². The van der Waals surface area contributed by atoms with Gasteiger partial charge in [0.25, 0.3) is 0 Å². The summed E-state index contributed by atoms with van der Waals surface area (Å²) in [5, 5.41) is 3.82. The largest absolute Gasteiger partial charge is 0.397 e. The number of nitrogens with one attached hydrogen (secondary N) is 1. The van der Waals surface area contributed by atoms with Crippen LogP contribution in [0.2, 0.25) is 0 Å². The number of rotatable bonds is 3. The van der Waals surface area contributed by atoms with Crippen LogP contribution in [0, 0.1) is 12.7 Å². The Labute approximate surface area is 144 Å². The molecule has 0 aliphatic rings. The number of anilines is 3. The summed E-state index contributed by atoms with van der Waals surface area (Å²) in [6.07, 6.45) is 4.86. The van der Waals surface area contributed by atoms with Crippen LogP contribution in [0.25, 0.3) is 21.9 Å². The Hall–Kier alpha value is -3.22. The van der Waals surface area contributed by atoms with Crippen LogP contribution >= 0.6 is 0 Å². The Morgan fingerprint density at radius 1 is 1.20 bits per heavy atom. The molecule has 5 N–H and O–H groups in total. The fourth-order valence-electron chi connectivity index (χ4n) is 2.61. The predicted octanol–water partition coefficient (Wildman–Crippen LogP) is 3.26. The molecule has 25 heavy (non-hydrogen) atoms. The third-order valence-corrected chi connectivity index (χ3v) is 4.13. The summed E-state index contributed by atoms with van der Waals surface area (Å²) >= 11 is 0. The quantitative estimate of drug-likeness (QED) is 0.635. The second-order valence-electron chi connectivity index (χ2n) is 5.75. The number of benzene rings is 1. The van der Waals surface area contributed by atoms with Crippen LogP contribution in [0.1, 0.15) is 18.9 Å². The van der Waals surface area contributed by atoms with Gasteiger partial charge in [-0.3, -0.25) is 9.78 Å². The number of carbonyl (C=O) groups is 1. The Kier molecular flexibility index (Phi) is 4.22. The van der Waals surface area contributed by atoms with E-state index < -0.39 is 5.82 Å². The van der Waals surface area contributed by atoms with Gasteiger partial charge in [-0.15, -0.1) is 0 Å². The monoisotopic (exact) mass is 339 g/mol. The lowest BCUT2D eigenvalue weighted by Crippen LogP contribution is -2.10. The van der Waals surface area contributed by atoms with Gasteiger partial charge in [0, 0.05) is 35.3 Å². The first kappa shape index (κ1) is 16.6. The third-order valence-electron chi connectivity index (χ3n) is 4.13. The summed E-state index contributed by atoms with van der Waals surface area (Å²) in [6.45, 7) is 3.54. The lowest BCUT2D eigenvalue weighted by atomic mass is 9.97. The molecule has 7 heteroatoms. The van der Waals surface area contributed by atoms with Crippen LogP contribution in [-0.2, 0) is 4.79 Å². The highest BCUT2D eigenvalue weighted by Gasteiger charge is 2.16. The molecule has 2 aromatic heterocycles. The SMILES string of the molecule is CCC(=O)Nc1cc2cc(-c3cncc(N)c3C)c(F)c(N)c2cn1. The number of nitrogens with two attached hydrogens (primary N) is 2.